The van der Waals surface area contributed by atoms with Crippen LogP contribution in [-0.2, 0) is 0 Å². The highest BCUT2D eigenvalue weighted by Crippen LogP contribution is 2.35. The Morgan fingerprint density at radius 3 is 2.60 bits per heavy atom. The van der Waals surface area contributed by atoms with Crippen LogP contribution in [0.3, 0.4) is 0 Å². The highest BCUT2D eigenvalue weighted by Gasteiger charge is 2.24. The Bertz CT molecular complexity index is 1090. The maximum absolute atomic E-state index is 12.8. The Labute approximate surface area is 174 Å². The van der Waals surface area contributed by atoms with Crippen molar-refractivity contribution in [2.75, 3.05) is 37.9 Å². The van der Waals surface area contributed by atoms with Crippen molar-refractivity contribution in [2.45, 2.75) is 6.92 Å². The largest absolute Gasteiger partial charge is 0.454 e. The van der Waals surface area contributed by atoms with E-state index in [-0.39, 0.29) is 12.7 Å². The fourth-order valence-electron chi connectivity index (χ4n) is 3.81. The van der Waals surface area contributed by atoms with E-state index in [1.165, 1.54) is 0 Å². The molecule has 1 fully saturated rings. The molecule has 0 bridgehead atoms. The lowest BCUT2D eigenvalue weighted by molar-refractivity contribution is 0.0745. The van der Waals surface area contributed by atoms with Gasteiger partial charge in [0.15, 0.2) is 11.5 Å². The molecule has 1 aromatic heterocycles. The molecule has 3 heterocycles. The van der Waals surface area contributed by atoms with E-state index in [1.807, 2.05) is 60.4 Å². The second-order valence-corrected chi connectivity index (χ2v) is 7.40. The molecule has 0 spiro atoms. The van der Waals surface area contributed by atoms with Gasteiger partial charge in [-0.3, -0.25) is 4.79 Å². The monoisotopic (exact) mass is 402 g/mol. The third-order valence-corrected chi connectivity index (χ3v) is 5.54. The third-order valence-electron chi connectivity index (χ3n) is 5.54. The van der Waals surface area contributed by atoms with Crippen LogP contribution < -0.4 is 14.4 Å². The molecule has 0 atom stereocenters. The summed E-state index contributed by atoms with van der Waals surface area (Å²) in [5.74, 6) is 2.24. The number of rotatable bonds is 3. The molecule has 3 aromatic rings. The van der Waals surface area contributed by atoms with Crippen molar-refractivity contribution >= 4 is 11.9 Å². The molecule has 0 N–H and O–H groups in total. The molecule has 1 amide bonds. The van der Waals surface area contributed by atoms with Crippen molar-refractivity contribution < 1.29 is 14.3 Å². The van der Waals surface area contributed by atoms with E-state index in [0.717, 1.165) is 33.9 Å². The van der Waals surface area contributed by atoms with Crippen LogP contribution in [0.25, 0.3) is 11.3 Å². The van der Waals surface area contributed by atoms with Gasteiger partial charge in [-0.2, -0.15) is 0 Å². The average molecular weight is 402 g/mol. The van der Waals surface area contributed by atoms with Gasteiger partial charge in [-0.1, -0.05) is 18.2 Å². The number of aromatic nitrogens is 2. The summed E-state index contributed by atoms with van der Waals surface area (Å²) in [4.78, 5) is 26.1. The average Bonchev–Trinajstić information content (AvgIpc) is 3.27. The summed E-state index contributed by atoms with van der Waals surface area (Å²) in [7, 11) is 0. The van der Waals surface area contributed by atoms with Crippen LogP contribution in [0.2, 0.25) is 0 Å². The Morgan fingerprint density at radius 1 is 0.967 bits per heavy atom. The topological polar surface area (TPSA) is 67.8 Å². The van der Waals surface area contributed by atoms with Crippen molar-refractivity contribution in [1.29, 1.82) is 0 Å². The van der Waals surface area contributed by atoms with Crippen LogP contribution in [0.15, 0.2) is 54.7 Å². The van der Waals surface area contributed by atoms with E-state index in [4.69, 9.17) is 14.5 Å². The second-order valence-electron chi connectivity index (χ2n) is 7.40. The van der Waals surface area contributed by atoms with Gasteiger partial charge in [-0.05, 0) is 42.8 Å². The normalized spacial score (nSPS) is 15.4. The number of carbonyl (C=O) groups is 1. The standard InChI is InChI=1S/C23H22N4O3/c1-16-4-2-3-5-18(16)22(28)26-10-12-27(13-11-26)23-24-9-8-19(25-23)17-6-7-20-21(14-17)30-15-29-20/h2-9,14H,10-13,15H2,1H3. The van der Waals surface area contributed by atoms with Crippen molar-refractivity contribution in [2.24, 2.45) is 0 Å². The molecular formula is C23H22N4O3. The Hall–Kier alpha value is -3.61. The maximum atomic E-state index is 12.8. The Kier molecular flexibility index (Phi) is 4.71. The van der Waals surface area contributed by atoms with Crippen LogP contribution in [0, 0.1) is 6.92 Å². The van der Waals surface area contributed by atoms with Gasteiger partial charge in [-0.15, -0.1) is 0 Å². The number of piperazine rings is 1. The summed E-state index contributed by atoms with van der Waals surface area (Å²) in [5, 5.41) is 0. The number of aryl methyl sites for hydroxylation is 1. The molecule has 0 unspecified atom stereocenters. The number of nitrogens with zero attached hydrogens (tertiary/aromatic N) is 4. The van der Waals surface area contributed by atoms with Crippen LogP contribution >= 0.6 is 0 Å². The second kappa shape index (κ2) is 7.67. The summed E-state index contributed by atoms with van der Waals surface area (Å²) in [6.07, 6.45) is 1.77. The summed E-state index contributed by atoms with van der Waals surface area (Å²) in [6.45, 7) is 4.90. The first kappa shape index (κ1) is 18.4. The van der Waals surface area contributed by atoms with E-state index in [0.29, 0.717) is 32.1 Å². The first-order chi connectivity index (χ1) is 14.7. The molecule has 152 valence electrons. The number of amides is 1. The molecule has 5 rings (SSSR count). The molecular weight excluding hydrogens is 380 g/mol. The van der Waals surface area contributed by atoms with E-state index in [2.05, 4.69) is 9.88 Å². The number of hydrogen-bond donors (Lipinski definition) is 0. The van der Waals surface area contributed by atoms with E-state index >= 15 is 0 Å². The number of anilines is 1. The highest BCUT2D eigenvalue weighted by atomic mass is 16.7. The summed E-state index contributed by atoms with van der Waals surface area (Å²) < 4.78 is 10.9. The van der Waals surface area contributed by atoms with Crippen LogP contribution in [-0.4, -0.2) is 53.7 Å². The van der Waals surface area contributed by atoms with Gasteiger partial charge in [0.05, 0.1) is 5.69 Å². The van der Waals surface area contributed by atoms with Gasteiger partial charge in [0.1, 0.15) is 0 Å². The predicted molar refractivity (Wildman–Crippen MR) is 113 cm³/mol. The zero-order valence-electron chi connectivity index (χ0n) is 16.7. The summed E-state index contributed by atoms with van der Waals surface area (Å²) in [6, 6.07) is 15.4. The SMILES string of the molecule is Cc1ccccc1C(=O)N1CCN(c2nccc(-c3ccc4c(c3)OCO4)n2)CC1. The first-order valence-electron chi connectivity index (χ1n) is 10.0. The lowest BCUT2D eigenvalue weighted by Crippen LogP contribution is -2.49. The van der Waals surface area contributed by atoms with Gasteiger partial charge in [0, 0.05) is 43.5 Å². The lowest BCUT2D eigenvalue weighted by Gasteiger charge is -2.35. The smallest absolute Gasteiger partial charge is 0.254 e. The molecule has 7 nitrogen and oxygen atoms in total. The fraction of sp³-hybridized carbons (Fsp3) is 0.261. The first-order valence-corrected chi connectivity index (χ1v) is 10.0. The molecule has 30 heavy (non-hydrogen) atoms. The van der Waals surface area contributed by atoms with Gasteiger partial charge in [0.25, 0.3) is 5.91 Å². The fourth-order valence-corrected chi connectivity index (χ4v) is 3.81. The van der Waals surface area contributed by atoms with Crippen LogP contribution in [0.4, 0.5) is 5.95 Å². The quantitative estimate of drug-likeness (QED) is 0.671. The maximum Gasteiger partial charge on any atom is 0.254 e. The van der Waals surface area contributed by atoms with E-state index < -0.39 is 0 Å². The van der Waals surface area contributed by atoms with Crippen LogP contribution in [0.1, 0.15) is 15.9 Å². The van der Waals surface area contributed by atoms with Gasteiger partial charge < -0.3 is 19.3 Å². The minimum atomic E-state index is 0.0859. The van der Waals surface area contributed by atoms with Gasteiger partial charge >= 0.3 is 0 Å². The molecule has 0 saturated carbocycles. The minimum absolute atomic E-state index is 0.0859. The van der Waals surface area contributed by atoms with E-state index in [1.54, 1.807) is 6.20 Å². The zero-order chi connectivity index (χ0) is 20.5. The lowest BCUT2D eigenvalue weighted by atomic mass is 10.1. The Balaban J connectivity index is 1.29. The number of benzene rings is 2. The van der Waals surface area contributed by atoms with Crippen LogP contribution in [0.5, 0.6) is 11.5 Å². The van der Waals surface area contributed by atoms with E-state index in [9.17, 15) is 4.79 Å². The molecule has 2 aliphatic rings. The molecule has 0 radical (unpaired) electrons. The number of hydrogen-bond acceptors (Lipinski definition) is 6. The van der Waals surface area contributed by atoms with Gasteiger partial charge in [0.2, 0.25) is 12.7 Å². The minimum Gasteiger partial charge on any atom is -0.454 e. The molecule has 7 heteroatoms. The summed E-state index contributed by atoms with van der Waals surface area (Å²) in [5.41, 5.74) is 3.56. The highest BCUT2D eigenvalue weighted by molar-refractivity contribution is 5.95. The predicted octanol–water partition coefficient (Wildman–Crippen LogP) is 3.14. The number of carbonyl (C=O) groups excluding carboxylic acids is 1. The summed E-state index contributed by atoms with van der Waals surface area (Å²) >= 11 is 0. The third kappa shape index (κ3) is 3.43. The van der Waals surface area contributed by atoms with Gasteiger partial charge in [-0.25, -0.2) is 9.97 Å². The molecule has 0 aliphatic carbocycles. The van der Waals surface area contributed by atoms with Crippen molar-refractivity contribution in [3.05, 3.63) is 65.9 Å². The van der Waals surface area contributed by atoms with Crippen molar-refractivity contribution in [3.8, 4) is 22.8 Å². The Morgan fingerprint density at radius 2 is 1.77 bits per heavy atom. The number of fused-ring (bicyclic) bond motifs is 1. The molecule has 1 saturated heterocycles. The van der Waals surface area contributed by atoms with Crippen molar-refractivity contribution in [3.63, 3.8) is 0 Å². The number of ether oxygens (including phenoxy) is 2. The molecule has 2 aromatic carbocycles. The zero-order valence-corrected chi connectivity index (χ0v) is 16.7. The molecule has 2 aliphatic heterocycles. The van der Waals surface area contributed by atoms with Crippen molar-refractivity contribution in [1.82, 2.24) is 14.9 Å².